The third-order valence-electron chi connectivity index (χ3n) is 3.25. The van der Waals surface area contributed by atoms with Gasteiger partial charge in [-0.15, -0.1) is 0 Å². The lowest BCUT2D eigenvalue weighted by molar-refractivity contribution is 0.101. The minimum absolute atomic E-state index is 0.0586. The van der Waals surface area contributed by atoms with Crippen LogP contribution in [0.2, 0.25) is 0 Å². The molecule has 0 aliphatic carbocycles. The average molecular weight is 301 g/mol. The van der Waals surface area contributed by atoms with Gasteiger partial charge in [-0.05, 0) is 31.9 Å². The Labute approximate surface area is 129 Å². The maximum Gasteiger partial charge on any atom is 0.187 e. The van der Waals surface area contributed by atoms with Gasteiger partial charge in [0, 0.05) is 5.56 Å². The van der Waals surface area contributed by atoms with Crippen molar-refractivity contribution in [3.63, 3.8) is 0 Å². The van der Waals surface area contributed by atoms with Gasteiger partial charge in [0.25, 0.3) is 0 Å². The predicted molar refractivity (Wildman–Crippen MR) is 83.5 cm³/mol. The number of nitrogens with zero attached hydrogens (tertiary/aromatic N) is 2. The molecule has 2 aromatic rings. The Balaban J connectivity index is 2.52. The molecule has 0 aliphatic heterocycles. The molecule has 0 bridgehead atoms. The summed E-state index contributed by atoms with van der Waals surface area (Å²) in [6.45, 7) is 7.04. The van der Waals surface area contributed by atoms with Crippen molar-refractivity contribution in [1.82, 2.24) is 9.97 Å². The molecule has 1 aromatic heterocycles. The molecule has 0 atom stereocenters. The van der Waals surface area contributed by atoms with E-state index >= 15 is 0 Å². The minimum atomic E-state index is -0.245. The minimum Gasteiger partial charge on any atom is -0.507 e. The van der Waals surface area contributed by atoms with Crippen LogP contribution in [-0.2, 0) is 0 Å². The summed E-state index contributed by atoms with van der Waals surface area (Å²) < 4.78 is 5.79. The summed E-state index contributed by atoms with van der Waals surface area (Å²) >= 11 is 0. The number of benzene rings is 1. The van der Waals surface area contributed by atoms with E-state index in [1.54, 1.807) is 13.0 Å². The van der Waals surface area contributed by atoms with Gasteiger partial charge >= 0.3 is 0 Å². The number of anilines is 1. The quantitative estimate of drug-likeness (QED) is 0.841. The largest absolute Gasteiger partial charge is 0.507 e. The number of rotatable bonds is 4. The van der Waals surface area contributed by atoms with E-state index in [1.807, 2.05) is 13.8 Å². The lowest BCUT2D eigenvalue weighted by atomic mass is 9.98. The summed E-state index contributed by atoms with van der Waals surface area (Å²) in [6.07, 6.45) is 1.49. The molecular weight excluding hydrogens is 282 g/mol. The first-order chi connectivity index (χ1) is 10.3. The highest BCUT2D eigenvalue weighted by Crippen LogP contribution is 2.36. The van der Waals surface area contributed by atoms with Crippen molar-refractivity contribution in [3.05, 3.63) is 35.3 Å². The number of aromatic hydroxyl groups is 1. The van der Waals surface area contributed by atoms with Gasteiger partial charge in [0.15, 0.2) is 17.4 Å². The molecule has 6 nitrogen and oxygen atoms in total. The number of hydrogen-bond acceptors (Lipinski definition) is 6. The fourth-order valence-electron chi connectivity index (χ4n) is 2.08. The maximum absolute atomic E-state index is 11.6. The molecular formula is C16H19N3O3. The number of Topliss-reactive ketones (excluding diaryl/α,β-unsaturated/α-hetero) is 1. The number of ether oxygens (including phenoxy) is 1. The zero-order valence-electron chi connectivity index (χ0n) is 13.0. The van der Waals surface area contributed by atoms with Crippen molar-refractivity contribution >= 4 is 11.6 Å². The molecule has 0 saturated carbocycles. The summed E-state index contributed by atoms with van der Waals surface area (Å²) in [7, 11) is 0. The van der Waals surface area contributed by atoms with Crippen molar-refractivity contribution in [3.8, 4) is 17.2 Å². The molecule has 1 heterocycles. The Morgan fingerprint density at radius 3 is 2.55 bits per heavy atom. The van der Waals surface area contributed by atoms with Crippen LogP contribution in [0.5, 0.6) is 17.2 Å². The van der Waals surface area contributed by atoms with E-state index in [4.69, 9.17) is 10.5 Å². The number of carbonyl (C=O) groups excluding carboxylic acids is 1. The zero-order valence-corrected chi connectivity index (χ0v) is 13.0. The number of carbonyl (C=O) groups is 1. The van der Waals surface area contributed by atoms with E-state index < -0.39 is 0 Å². The van der Waals surface area contributed by atoms with Crippen molar-refractivity contribution < 1.29 is 14.6 Å². The smallest absolute Gasteiger partial charge is 0.187 e. The van der Waals surface area contributed by atoms with Crippen LogP contribution in [0.3, 0.4) is 0 Å². The summed E-state index contributed by atoms with van der Waals surface area (Å²) in [5, 5.41) is 9.97. The second kappa shape index (κ2) is 6.01. The highest BCUT2D eigenvalue weighted by Gasteiger charge is 2.17. The van der Waals surface area contributed by atoms with Crippen molar-refractivity contribution in [1.29, 1.82) is 0 Å². The van der Waals surface area contributed by atoms with Crippen molar-refractivity contribution in [2.24, 2.45) is 0 Å². The average Bonchev–Trinajstić information content (AvgIpc) is 2.42. The van der Waals surface area contributed by atoms with Crippen molar-refractivity contribution in [2.45, 2.75) is 33.6 Å². The molecule has 0 fully saturated rings. The van der Waals surface area contributed by atoms with Crippen LogP contribution in [0, 0.1) is 6.92 Å². The number of phenols is 1. The molecule has 2 rings (SSSR count). The summed E-state index contributed by atoms with van der Waals surface area (Å²) in [4.78, 5) is 19.7. The molecule has 0 radical (unpaired) electrons. The molecule has 0 amide bonds. The van der Waals surface area contributed by atoms with Gasteiger partial charge in [0.2, 0.25) is 0 Å². The van der Waals surface area contributed by atoms with Crippen LogP contribution in [0.15, 0.2) is 18.3 Å². The Bertz CT molecular complexity index is 727. The first-order valence-electron chi connectivity index (χ1n) is 6.94. The van der Waals surface area contributed by atoms with Crippen LogP contribution in [0.4, 0.5) is 5.82 Å². The number of hydrogen-bond donors (Lipinski definition) is 2. The van der Waals surface area contributed by atoms with E-state index in [9.17, 15) is 9.90 Å². The first kappa shape index (κ1) is 15.8. The van der Waals surface area contributed by atoms with Crippen LogP contribution in [0.1, 0.15) is 48.4 Å². The molecule has 0 saturated heterocycles. The lowest BCUT2D eigenvalue weighted by Gasteiger charge is -2.16. The highest BCUT2D eigenvalue weighted by molar-refractivity contribution is 5.97. The van der Waals surface area contributed by atoms with Crippen LogP contribution in [-0.4, -0.2) is 20.9 Å². The Kier molecular flexibility index (Phi) is 4.30. The fourth-order valence-corrected chi connectivity index (χ4v) is 2.08. The van der Waals surface area contributed by atoms with Crippen LogP contribution >= 0.6 is 0 Å². The van der Waals surface area contributed by atoms with Gasteiger partial charge in [-0.3, -0.25) is 4.79 Å². The predicted octanol–water partition coefficient (Wildman–Crippen LogP) is 3.19. The molecule has 3 N–H and O–H groups in total. The number of ketones is 1. The SMILES string of the molecule is CC(=O)c1cc(Oc2cnc(C)nc2N)c(C(C)C)cc1O. The maximum atomic E-state index is 11.6. The standard InChI is InChI=1S/C16H19N3O3/c1-8(2)11-5-13(21)12(9(3)20)6-14(11)22-15-7-18-10(4)19-16(15)17/h5-8,21H,1-4H3,(H2,17,18,19). The van der Waals surface area contributed by atoms with E-state index in [0.717, 1.165) is 5.56 Å². The second-order valence-corrected chi connectivity index (χ2v) is 5.39. The Hall–Kier alpha value is -2.63. The molecule has 116 valence electrons. The van der Waals surface area contributed by atoms with E-state index in [-0.39, 0.29) is 28.8 Å². The Morgan fingerprint density at radius 2 is 2.00 bits per heavy atom. The van der Waals surface area contributed by atoms with Gasteiger partial charge in [0.05, 0.1) is 11.8 Å². The van der Waals surface area contributed by atoms with Gasteiger partial charge in [-0.1, -0.05) is 13.8 Å². The third kappa shape index (κ3) is 3.16. The number of nitrogen functional groups attached to an aromatic ring is 1. The molecule has 0 spiro atoms. The van der Waals surface area contributed by atoms with Crippen LogP contribution in [0.25, 0.3) is 0 Å². The van der Waals surface area contributed by atoms with Crippen LogP contribution < -0.4 is 10.5 Å². The molecule has 6 heteroatoms. The summed E-state index contributed by atoms with van der Waals surface area (Å²) in [6, 6.07) is 3.06. The van der Waals surface area contributed by atoms with E-state index in [1.165, 1.54) is 19.2 Å². The van der Waals surface area contributed by atoms with Gasteiger partial charge in [-0.25, -0.2) is 9.97 Å². The number of phenolic OH excluding ortho intramolecular Hbond substituents is 1. The van der Waals surface area contributed by atoms with E-state index in [2.05, 4.69) is 9.97 Å². The molecule has 22 heavy (non-hydrogen) atoms. The van der Waals surface area contributed by atoms with E-state index in [0.29, 0.717) is 17.3 Å². The number of aromatic nitrogens is 2. The summed E-state index contributed by atoms with van der Waals surface area (Å²) in [5.74, 6) is 1.32. The fraction of sp³-hybridized carbons (Fsp3) is 0.312. The third-order valence-corrected chi connectivity index (χ3v) is 3.25. The molecule has 0 aliphatic rings. The molecule has 0 unspecified atom stereocenters. The number of nitrogens with two attached hydrogens (primary N) is 1. The molecule has 1 aromatic carbocycles. The topological polar surface area (TPSA) is 98.3 Å². The monoisotopic (exact) mass is 301 g/mol. The second-order valence-electron chi connectivity index (χ2n) is 5.39. The first-order valence-corrected chi connectivity index (χ1v) is 6.94. The highest BCUT2D eigenvalue weighted by atomic mass is 16.5. The normalized spacial score (nSPS) is 10.8. The van der Waals surface area contributed by atoms with Gasteiger partial charge < -0.3 is 15.6 Å². The summed E-state index contributed by atoms with van der Waals surface area (Å²) in [5.41, 5.74) is 6.80. The Morgan fingerprint density at radius 1 is 1.32 bits per heavy atom. The van der Waals surface area contributed by atoms with Gasteiger partial charge in [-0.2, -0.15) is 0 Å². The van der Waals surface area contributed by atoms with Crippen molar-refractivity contribution in [2.75, 3.05) is 5.73 Å². The lowest BCUT2D eigenvalue weighted by Crippen LogP contribution is -2.03. The van der Waals surface area contributed by atoms with Gasteiger partial charge in [0.1, 0.15) is 17.3 Å². The zero-order chi connectivity index (χ0) is 16.4. The number of aryl methyl sites for hydroxylation is 1.